The summed E-state index contributed by atoms with van der Waals surface area (Å²) in [5.74, 6) is -1.86. The summed E-state index contributed by atoms with van der Waals surface area (Å²) in [5.41, 5.74) is 1.42. The molecule has 6 nitrogen and oxygen atoms in total. The summed E-state index contributed by atoms with van der Waals surface area (Å²) < 4.78 is 0. The lowest BCUT2D eigenvalue weighted by Gasteiger charge is -2.16. The average Bonchev–Trinajstić information content (AvgIpc) is 2.80. The first-order valence-electron chi connectivity index (χ1n) is 6.33. The summed E-state index contributed by atoms with van der Waals surface area (Å²) in [6.07, 6.45) is 0.0612. The second kappa shape index (κ2) is 5.73. The summed E-state index contributed by atoms with van der Waals surface area (Å²) in [5, 5.41) is 11.4. The largest absolute Gasteiger partial charge is 0.481 e. The molecule has 1 aromatic carbocycles. The van der Waals surface area contributed by atoms with Gasteiger partial charge in [0.15, 0.2) is 0 Å². The lowest BCUT2D eigenvalue weighted by molar-refractivity contribution is -0.141. The number of carbonyl (C=O) groups excluding carboxylic acids is 2. The van der Waals surface area contributed by atoms with E-state index >= 15 is 0 Å². The molecule has 0 saturated carbocycles. The summed E-state index contributed by atoms with van der Waals surface area (Å²) in [6.45, 7) is 0.613. The standard InChI is InChI=1S/C14H16N2O4/c1-15-13(18)10-4-2-9(3-5-10)7-16-8-11(14(19)20)6-12(16)17/h2-5,11H,6-8H2,1H3,(H,15,18)(H,19,20)/t11-/m1/s1. The van der Waals surface area contributed by atoms with Crippen molar-refractivity contribution in [3.05, 3.63) is 35.4 Å². The van der Waals surface area contributed by atoms with E-state index in [4.69, 9.17) is 5.11 Å². The minimum Gasteiger partial charge on any atom is -0.481 e. The Bertz CT molecular complexity index is 539. The minimum absolute atomic E-state index is 0.0612. The Morgan fingerprint density at radius 2 is 2.00 bits per heavy atom. The van der Waals surface area contributed by atoms with Crippen LogP contribution in [0.1, 0.15) is 22.3 Å². The van der Waals surface area contributed by atoms with Crippen LogP contribution in [0, 0.1) is 5.92 Å². The third-order valence-corrected chi connectivity index (χ3v) is 3.38. The van der Waals surface area contributed by atoms with Crippen LogP contribution in [-0.2, 0) is 16.1 Å². The zero-order valence-electron chi connectivity index (χ0n) is 11.1. The molecule has 0 radical (unpaired) electrons. The highest BCUT2D eigenvalue weighted by Gasteiger charge is 2.33. The van der Waals surface area contributed by atoms with E-state index in [-0.39, 0.29) is 24.8 Å². The number of carboxylic acid groups (broad SMARTS) is 1. The van der Waals surface area contributed by atoms with Crippen LogP contribution in [0.25, 0.3) is 0 Å². The first kappa shape index (κ1) is 14.0. The molecule has 0 aromatic heterocycles. The fraction of sp³-hybridized carbons (Fsp3) is 0.357. The Morgan fingerprint density at radius 1 is 1.35 bits per heavy atom. The van der Waals surface area contributed by atoms with Crippen LogP contribution in [-0.4, -0.2) is 41.4 Å². The number of nitrogens with zero attached hydrogens (tertiary/aromatic N) is 1. The van der Waals surface area contributed by atoms with Crippen molar-refractivity contribution in [1.29, 1.82) is 0 Å². The van der Waals surface area contributed by atoms with E-state index in [1.807, 2.05) is 0 Å². The monoisotopic (exact) mass is 276 g/mol. The predicted molar refractivity (Wildman–Crippen MR) is 71.0 cm³/mol. The molecule has 2 amide bonds. The molecule has 0 aliphatic carbocycles. The van der Waals surface area contributed by atoms with Crippen molar-refractivity contribution in [2.45, 2.75) is 13.0 Å². The first-order valence-corrected chi connectivity index (χ1v) is 6.33. The highest BCUT2D eigenvalue weighted by atomic mass is 16.4. The van der Waals surface area contributed by atoms with Gasteiger partial charge in [0.1, 0.15) is 0 Å². The van der Waals surface area contributed by atoms with E-state index in [2.05, 4.69) is 5.32 Å². The third kappa shape index (κ3) is 2.96. The van der Waals surface area contributed by atoms with E-state index in [1.165, 1.54) is 4.90 Å². The van der Waals surface area contributed by atoms with Crippen LogP contribution < -0.4 is 5.32 Å². The number of nitrogens with one attached hydrogen (secondary N) is 1. The molecule has 6 heteroatoms. The molecular formula is C14H16N2O4. The van der Waals surface area contributed by atoms with E-state index in [1.54, 1.807) is 31.3 Å². The van der Waals surface area contributed by atoms with Gasteiger partial charge in [-0.3, -0.25) is 14.4 Å². The van der Waals surface area contributed by atoms with Crippen molar-refractivity contribution in [2.24, 2.45) is 5.92 Å². The first-order chi connectivity index (χ1) is 9.51. The Hall–Kier alpha value is -2.37. The van der Waals surface area contributed by atoms with Gasteiger partial charge < -0.3 is 15.3 Å². The predicted octanol–water partition coefficient (Wildman–Crippen LogP) is 0.479. The molecule has 20 heavy (non-hydrogen) atoms. The Labute approximate surface area is 116 Å². The molecule has 1 aliphatic heterocycles. The Morgan fingerprint density at radius 3 is 2.50 bits per heavy atom. The van der Waals surface area contributed by atoms with Gasteiger partial charge in [-0.05, 0) is 17.7 Å². The molecule has 1 saturated heterocycles. The van der Waals surface area contributed by atoms with Crippen molar-refractivity contribution >= 4 is 17.8 Å². The van der Waals surface area contributed by atoms with E-state index in [0.717, 1.165) is 5.56 Å². The highest BCUT2D eigenvalue weighted by molar-refractivity contribution is 5.94. The van der Waals surface area contributed by atoms with Gasteiger partial charge in [-0.1, -0.05) is 12.1 Å². The molecule has 2 rings (SSSR count). The van der Waals surface area contributed by atoms with E-state index in [0.29, 0.717) is 12.1 Å². The van der Waals surface area contributed by atoms with Gasteiger partial charge in [-0.25, -0.2) is 0 Å². The van der Waals surface area contributed by atoms with Gasteiger partial charge in [0.05, 0.1) is 5.92 Å². The second-order valence-corrected chi connectivity index (χ2v) is 4.79. The van der Waals surface area contributed by atoms with Crippen LogP contribution in [0.3, 0.4) is 0 Å². The van der Waals surface area contributed by atoms with Crippen LogP contribution in [0.5, 0.6) is 0 Å². The molecule has 106 valence electrons. The van der Waals surface area contributed by atoms with E-state index in [9.17, 15) is 14.4 Å². The second-order valence-electron chi connectivity index (χ2n) is 4.79. The number of rotatable bonds is 4. The number of amides is 2. The third-order valence-electron chi connectivity index (χ3n) is 3.38. The molecular weight excluding hydrogens is 260 g/mol. The van der Waals surface area contributed by atoms with Crippen LogP contribution >= 0.6 is 0 Å². The van der Waals surface area contributed by atoms with Crippen molar-refractivity contribution in [3.63, 3.8) is 0 Å². The minimum atomic E-state index is -0.934. The highest BCUT2D eigenvalue weighted by Crippen LogP contribution is 2.20. The summed E-state index contributed by atoms with van der Waals surface area (Å²) in [6, 6.07) is 6.91. The number of likely N-dealkylation sites (tertiary alicyclic amines) is 1. The molecule has 0 unspecified atom stereocenters. The molecule has 0 bridgehead atoms. The maximum atomic E-state index is 11.7. The van der Waals surface area contributed by atoms with Crippen molar-refractivity contribution in [2.75, 3.05) is 13.6 Å². The van der Waals surface area contributed by atoms with Crippen LogP contribution in [0.15, 0.2) is 24.3 Å². The lowest BCUT2D eigenvalue weighted by atomic mass is 10.1. The van der Waals surface area contributed by atoms with Gasteiger partial charge >= 0.3 is 5.97 Å². The van der Waals surface area contributed by atoms with Crippen LogP contribution in [0.2, 0.25) is 0 Å². The molecule has 1 aliphatic rings. The smallest absolute Gasteiger partial charge is 0.308 e. The molecule has 1 fully saturated rings. The molecule has 1 aromatic rings. The van der Waals surface area contributed by atoms with Gasteiger partial charge in [0.25, 0.3) is 5.91 Å². The maximum absolute atomic E-state index is 11.7. The zero-order valence-corrected chi connectivity index (χ0v) is 11.1. The summed E-state index contributed by atoms with van der Waals surface area (Å²) >= 11 is 0. The number of benzene rings is 1. The number of hydrogen-bond donors (Lipinski definition) is 2. The molecule has 0 spiro atoms. The molecule has 2 N–H and O–H groups in total. The maximum Gasteiger partial charge on any atom is 0.308 e. The summed E-state index contributed by atoms with van der Waals surface area (Å²) in [7, 11) is 1.56. The normalized spacial score (nSPS) is 18.1. The van der Waals surface area contributed by atoms with Gasteiger partial charge in [-0.15, -0.1) is 0 Å². The fourth-order valence-corrected chi connectivity index (χ4v) is 2.22. The van der Waals surface area contributed by atoms with Crippen molar-refractivity contribution in [3.8, 4) is 0 Å². The number of carbonyl (C=O) groups is 3. The SMILES string of the molecule is CNC(=O)c1ccc(CN2C[C@H](C(=O)O)CC2=O)cc1. The number of hydrogen-bond acceptors (Lipinski definition) is 3. The zero-order chi connectivity index (χ0) is 14.7. The fourth-order valence-electron chi connectivity index (χ4n) is 2.22. The van der Waals surface area contributed by atoms with Crippen LogP contribution in [0.4, 0.5) is 0 Å². The summed E-state index contributed by atoms with van der Waals surface area (Å²) in [4.78, 5) is 35.5. The average molecular weight is 276 g/mol. The lowest BCUT2D eigenvalue weighted by Crippen LogP contribution is -2.25. The van der Waals surface area contributed by atoms with Gasteiger partial charge in [0, 0.05) is 32.1 Å². The van der Waals surface area contributed by atoms with Gasteiger partial charge in [-0.2, -0.15) is 0 Å². The molecule has 1 atom stereocenters. The van der Waals surface area contributed by atoms with Gasteiger partial charge in [0.2, 0.25) is 5.91 Å². The van der Waals surface area contributed by atoms with E-state index < -0.39 is 11.9 Å². The Balaban J connectivity index is 2.02. The van der Waals surface area contributed by atoms with Crippen molar-refractivity contribution in [1.82, 2.24) is 10.2 Å². The molecule has 1 heterocycles. The number of aliphatic carboxylic acids is 1. The Kier molecular flexibility index (Phi) is 4.02. The van der Waals surface area contributed by atoms with Crippen molar-refractivity contribution < 1.29 is 19.5 Å². The quantitative estimate of drug-likeness (QED) is 0.837. The number of carboxylic acids is 1. The topological polar surface area (TPSA) is 86.7 Å².